The summed E-state index contributed by atoms with van der Waals surface area (Å²) in [6.07, 6.45) is 4.86. The standard InChI is InChI=1S/2C6H15NO.2C2H4O2.Ni/c2*1-2-3-4-7-5-6-8;2*1-2(3)4;/h2*7-8H,2-6H2,1H3;2*1H3,(H,3,4);/q;;;;+2/p-2. The zero-order valence-corrected chi connectivity index (χ0v) is 16.9. The molecule has 0 aliphatic rings. The Kier molecular flexibility index (Phi) is 54.8. The van der Waals surface area contributed by atoms with E-state index in [-0.39, 0.29) is 29.7 Å². The van der Waals surface area contributed by atoms with Gasteiger partial charge in [-0.05, 0) is 39.8 Å². The van der Waals surface area contributed by atoms with E-state index in [1.165, 1.54) is 25.7 Å². The summed E-state index contributed by atoms with van der Waals surface area (Å²) in [4.78, 5) is 17.8. The van der Waals surface area contributed by atoms with Crippen LogP contribution in [0.1, 0.15) is 53.4 Å². The predicted octanol–water partition coefficient (Wildman–Crippen LogP) is -1.75. The van der Waals surface area contributed by atoms with Gasteiger partial charge in [0.15, 0.2) is 0 Å². The van der Waals surface area contributed by atoms with Crippen molar-refractivity contribution in [3.63, 3.8) is 0 Å². The summed E-state index contributed by atoms with van der Waals surface area (Å²) in [7, 11) is 0. The average molecular weight is 411 g/mol. The molecule has 0 heterocycles. The minimum Gasteiger partial charge on any atom is -0.550 e. The maximum absolute atomic E-state index is 8.89. The van der Waals surface area contributed by atoms with Crippen LogP contribution in [-0.4, -0.2) is 61.5 Å². The fourth-order valence-electron chi connectivity index (χ4n) is 1.01. The number of unbranched alkanes of at least 4 members (excludes halogenated alkanes) is 2. The van der Waals surface area contributed by atoms with Gasteiger partial charge in [0, 0.05) is 25.0 Å². The molecule has 25 heavy (non-hydrogen) atoms. The Morgan fingerprint density at radius 3 is 1.16 bits per heavy atom. The number of rotatable bonds is 10. The van der Waals surface area contributed by atoms with Gasteiger partial charge in [-0.1, -0.05) is 26.7 Å². The molecular weight excluding hydrogens is 375 g/mol. The second-order valence-corrected chi connectivity index (χ2v) is 4.64. The number of aliphatic hydroxyl groups is 2. The van der Waals surface area contributed by atoms with Gasteiger partial charge < -0.3 is 40.6 Å². The van der Waals surface area contributed by atoms with Crippen LogP contribution in [0, 0.1) is 0 Å². The van der Waals surface area contributed by atoms with E-state index in [4.69, 9.17) is 30.0 Å². The summed E-state index contributed by atoms with van der Waals surface area (Å²) >= 11 is 0. The van der Waals surface area contributed by atoms with E-state index in [1.54, 1.807) is 0 Å². The molecule has 0 atom stereocenters. The van der Waals surface area contributed by atoms with Crippen molar-refractivity contribution in [2.24, 2.45) is 0 Å². The maximum Gasteiger partial charge on any atom is 2.00 e. The van der Waals surface area contributed by atoms with Crippen molar-refractivity contribution in [2.45, 2.75) is 53.4 Å². The predicted molar refractivity (Wildman–Crippen MR) is 91.1 cm³/mol. The fourth-order valence-corrected chi connectivity index (χ4v) is 1.01. The van der Waals surface area contributed by atoms with Crippen LogP contribution in [0.3, 0.4) is 0 Å². The van der Waals surface area contributed by atoms with Crippen LogP contribution in [0.25, 0.3) is 0 Å². The van der Waals surface area contributed by atoms with Gasteiger partial charge >= 0.3 is 16.5 Å². The summed E-state index contributed by atoms with van der Waals surface area (Å²) in [5.74, 6) is -2.17. The quantitative estimate of drug-likeness (QED) is 0.245. The first kappa shape index (κ1) is 35.4. The third-order valence-corrected chi connectivity index (χ3v) is 1.99. The number of hydrogen-bond donors (Lipinski definition) is 4. The van der Waals surface area contributed by atoms with Gasteiger partial charge in [-0.2, -0.15) is 0 Å². The Morgan fingerprint density at radius 1 is 0.760 bits per heavy atom. The number of aliphatic carboxylic acids is 2. The van der Waals surface area contributed by atoms with Gasteiger partial charge in [-0.3, -0.25) is 0 Å². The number of nitrogens with one attached hydrogen (secondary N) is 2. The number of carboxylic acid groups (broad SMARTS) is 2. The zero-order chi connectivity index (χ0) is 19.6. The normalized spacial score (nSPS) is 8.24. The first-order valence-corrected chi connectivity index (χ1v) is 8.28. The number of aliphatic hydroxyl groups excluding tert-OH is 2. The molecule has 0 amide bonds. The molecule has 0 aromatic heterocycles. The van der Waals surface area contributed by atoms with E-state index in [0.717, 1.165) is 40.0 Å². The van der Waals surface area contributed by atoms with Crippen molar-refractivity contribution >= 4 is 11.9 Å². The molecule has 9 heteroatoms. The van der Waals surface area contributed by atoms with Crippen LogP contribution in [0.5, 0.6) is 0 Å². The van der Waals surface area contributed by atoms with E-state index in [0.29, 0.717) is 0 Å². The SMILES string of the molecule is CC(=O)[O-].CC(=O)[O-].CCCCNCCO.CCCCNCCO.[Ni+2]. The molecule has 0 unspecified atom stereocenters. The molecule has 0 saturated carbocycles. The number of carboxylic acids is 2. The first-order chi connectivity index (χ1) is 11.3. The van der Waals surface area contributed by atoms with Crippen molar-refractivity contribution in [1.29, 1.82) is 0 Å². The van der Waals surface area contributed by atoms with Crippen molar-refractivity contribution in [3.8, 4) is 0 Å². The summed E-state index contributed by atoms with van der Waals surface area (Å²) in [5, 5.41) is 40.6. The van der Waals surface area contributed by atoms with Crippen molar-refractivity contribution in [1.82, 2.24) is 10.6 Å². The Balaban J connectivity index is -0.0000000739. The van der Waals surface area contributed by atoms with Crippen molar-refractivity contribution < 1.29 is 46.5 Å². The second-order valence-electron chi connectivity index (χ2n) is 4.64. The molecule has 0 fully saturated rings. The van der Waals surface area contributed by atoms with E-state index in [1.807, 2.05) is 0 Å². The smallest absolute Gasteiger partial charge is 0.550 e. The minimum absolute atomic E-state index is 0. The van der Waals surface area contributed by atoms with E-state index in [2.05, 4.69) is 24.5 Å². The molecule has 0 radical (unpaired) electrons. The van der Waals surface area contributed by atoms with E-state index < -0.39 is 11.9 Å². The molecule has 0 spiro atoms. The first-order valence-electron chi connectivity index (χ1n) is 8.28. The van der Waals surface area contributed by atoms with Crippen LogP contribution in [0.15, 0.2) is 0 Å². The molecule has 0 aromatic rings. The molecule has 0 saturated heterocycles. The van der Waals surface area contributed by atoms with Crippen LogP contribution < -0.4 is 20.8 Å². The molecule has 4 N–H and O–H groups in total. The average Bonchev–Trinajstić information content (AvgIpc) is 2.48. The van der Waals surface area contributed by atoms with E-state index in [9.17, 15) is 0 Å². The van der Waals surface area contributed by atoms with Gasteiger partial charge in [0.1, 0.15) is 0 Å². The molecule has 156 valence electrons. The number of carbonyl (C=O) groups excluding carboxylic acids is 2. The Hall–Kier alpha value is -0.726. The van der Waals surface area contributed by atoms with Gasteiger partial charge in [0.05, 0.1) is 13.2 Å². The third-order valence-electron chi connectivity index (χ3n) is 1.99. The largest absolute Gasteiger partial charge is 2.00 e. The molecule has 0 bridgehead atoms. The Morgan fingerprint density at radius 2 is 1.00 bits per heavy atom. The molecule has 0 aliphatic heterocycles. The number of hydrogen-bond acceptors (Lipinski definition) is 8. The molecule has 0 aliphatic carbocycles. The molecule has 8 nitrogen and oxygen atoms in total. The van der Waals surface area contributed by atoms with Gasteiger partial charge in [-0.15, -0.1) is 0 Å². The van der Waals surface area contributed by atoms with Gasteiger partial charge in [0.25, 0.3) is 0 Å². The molecule has 0 rings (SSSR count). The maximum atomic E-state index is 8.89. The Bertz CT molecular complexity index is 203. The second kappa shape index (κ2) is 38.7. The van der Waals surface area contributed by atoms with Crippen molar-refractivity contribution in [2.75, 3.05) is 39.4 Å². The minimum atomic E-state index is -1.08. The molecule has 0 aromatic carbocycles. The van der Waals surface area contributed by atoms with Crippen LogP contribution in [0.2, 0.25) is 0 Å². The summed E-state index contributed by atoms with van der Waals surface area (Å²) in [6.45, 7) is 10.3. The summed E-state index contributed by atoms with van der Waals surface area (Å²) < 4.78 is 0. The summed E-state index contributed by atoms with van der Waals surface area (Å²) in [5.41, 5.74) is 0. The van der Waals surface area contributed by atoms with Crippen molar-refractivity contribution in [3.05, 3.63) is 0 Å². The third kappa shape index (κ3) is 122. The fraction of sp³-hybridized carbons (Fsp3) is 0.875. The van der Waals surface area contributed by atoms with Gasteiger partial charge in [-0.25, -0.2) is 0 Å². The van der Waals surface area contributed by atoms with Crippen LogP contribution in [-0.2, 0) is 26.1 Å². The van der Waals surface area contributed by atoms with E-state index >= 15 is 0 Å². The summed E-state index contributed by atoms with van der Waals surface area (Å²) in [6, 6.07) is 0. The monoisotopic (exact) mass is 410 g/mol. The topological polar surface area (TPSA) is 145 Å². The van der Waals surface area contributed by atoms with Crippen LogP contribution in [0.4, 0.5) is 0 Å². The molecular formula is C16H36N2NiO6. The van der Waals surface area contributed by atoms with Crippen LogP contribution >= 0.6 is 0 Å². The Labute approximate surface area is 162 Å². The van der Waals surface area contributed by atoms with Gasteiger partial charge in [0.2, 0.25) is 0 Å². The number of carbonyl (C=O) groups is 2. The zero-order valence-electron chi connectivity index (χ0n) is 15.9.